The third kappa shape index (κ3) is 4.57. The summed E-state index contributed by atoms with van der Waals surface area (Å²) in [5.74, 6) is 0.853. The Kier molecular flexibility index (Phi) is 5.92. The number of carboxylic acids is 1. The van der Waals surface area contributed by atoms with Crippen molar-refractivity contribution in [3.05, 3.63) is 53.1 Å². The summed E-state index contributed by atoms with van der Waals surface area (Å²) >= 11 is 1.45. The van der Waals surface area contributed by atoms with Gasteiger partial charge in [0.15, 0.2) is 0 Å². The van der Waals surface area contributed by atoms with Crippen LogP contribution in [0, 0.1) is 23.2 Å². The van der Waals surface area contributed by atoms with Gasteiger partial charge in [0.1, 0.15) is 0 Å². The molecule has 2 aliphatic rings. The van der Waals surface area contributed by atoms with Gasteiger partial charge in [0.2, 0.25) is 0 Å². The zero-order valence-corrected chi connectivity index (χ0v) is 18.2. The Morgan fingerprint density at radius 3 is 2.53 bits per heavy atom. The maximum Gasteiger partial charge on any atom is 0.335 e. The number of nitriles is 1. The zero-order valence-electron chi connectivity index (χ0n) is 17.4. The average molecular weight is 422 g/mol. The van der Waals surface area contributed by atoms with Gasteiger partial charge in [-0.05, 0) is 84.9 Å². The second-order valence-corrected chi connectivity index (χ2v) is 9.58. The maximum absolute atomic E-state index is 11.5. The molecular formula is C24H27N3O2S. The van der Waals surface area contributed by atoms with Crippen LogP contribution in [0.5, 0.6) is 0 Å². The van der Waals surface area contributed by atoms with E-state index < -0.39 is 5.97 Å². The summed E-state index contributed by atoms with van der Waals surface area (Å²) in [5, 5.41) is 18.8. The smallest absolute Gasteiger partial charge is 0.335 e. The van der Waals surface area contributed by atoms with Gasteiger partial charge >= 0.3 is 5.97 Å². The fourth-order valence-electron chi connectivity index (χ4n) is 4.42. The third-order valence-corrected chi connectivity index (χ3v) is 6.78. The Labute approximate surface area is 182 Å². The molecule has 2 N–H and O–H groups in total. The van der Waals surface area contributed by atoms with Gasteiger partial charge < -0.3 is 14.7 Å². The molecule has 4 rings (SSSR count). The van der Waals surface area contributed by atoms with Gasteiger partial charge in [-0.1, -0.05) is 19.9 Å². The minimum Gasteiger partial charge on any atom is -0.478 e. The molecule has 0 amide bonds. The van der Waals surface area contributed by atoms with E-state index in [-0.39, 0.29) is 0 Å². The highest BCUT2D eigenvalue weighted by atomic mass is 32.2. The number of piperidine rings is 1. The molecule has 2 aromatic rings. The number of carbonyl (C=O) groups is 1. The van der Waals surface area contributed by atoms with Gasteiger partial charge in [0, 0.05) is 18.0 Å². The van der Waals surface area contributed by atoms with Crippen LogP contribution in [0.15, 0.2) is 41.3 Å². The SMILES string of the molecule is CC1CC(C)CN(c2ccc(C#N)cc2NSc2cc(C(=O)O)ccc2C2CC2)C1. The van der Waals surface area contributed by atoms with Crippen LogP contribution in [0.25, 0.3) is 0 Å². The van der Waals surface area contributed by atoms with Gasteiger partial charge in [0.25, 0.3) is 0 Å². The first-order chi connectivity index (χ1) is 14.4. The second kappa shape index (κ2) is 8.61. The van der Waals surface area contributed by atoms with Gasteiger partial charge in [-0.2, -0.15) is 5.26 Å². The van der Waals surface area contributed by atoms with Crippen molar-refractivity contribution in [3.63, 3.8) is 0 Å². The van der Waals surface area contributed by atoms with E-state index in [1.165, 1.54) is 23.9 Å². The summed E-state index contributed by atoms with van der Waals surface area (Å²) in [6, 6.07) is 13.4. The molecule has 1 heterocycles. The van der Waals surface area contributed by atoms with Crippen LogP contribution in [0.3, 0.4) is 0 Å². The number of aromatic carboxylic acids is 1. The van der Waals surface area contributed by atoms with Crippen LogP contribution in [-0.4, -0.2) is 24.2 Å². The van der Waals surface area contributed by atoms with Crippen LogP contribution in [0.4, 0.5) is 11.4 Å². The summed E-state index contributed by atoms with van der Waals surface area (Å²) in [6.45, 7) is 6.57. The van der Waals surface area contributed by atoms with E-state index in [9.17, 15) is 15.2 Å². The second-order valence-electron chi connectivity index (χ2n) is 8.73. The normalized spacial score (nSPS) is 21.2. The third-order valence-electron chi connectivity index (χ3n) is 5.88. The highest BCUT2D eigenvalue weighted by Gasteiger charge is 2.27. The molecule has 1 saturated heterocycles. The predicted octanol–water partition coefficient (Wildman–Crippen LogP) is 5.74. The fourth-order valence-corrected chi connectivity index (χ4v) is 5.34. The number of nitrogens with zero attached hydrogens (tertiary/aromatic N) is 2. The first-order valence-corrected chi connectivity index (χ1v) is 11.4. The Morgan fingerprint density at radius 1 is 1.17 bits per heavy atom. The van der Waals surface area contributed by atoms with E-state index in [2.05, 4.69) is 29.5 Å². The quantitative estimate of drug-likeness (QED) is 0.580. The first-order valence-electron chi connectivity index (χ1n) is 10.5. The minimum atomic E-state index is -0.914. The monoisotopic (exact) mass is 421 g/mol. The molecular weight excluding hydrogens is 394 g/mol. The number of hydrogen-bond donors (Lipinski definition) is 2. The van der Waals surface area contributed by atoms with Crippen molar-refractivity contribution < 1.29 is 9.90 Å². The lowest BCUT2D eigenvalue weighted by atomic mass is 9.91. The summed E-state index contributed by atoms with van der Waals surface area (Å²) in [4.78, 5) is 14.8. The Morgan fingerprint density at radius 2 is 1.90 bits per heavy atom. The summed E-state index contributed by atoms with van der Waals surface area (Å²) in [7, 11) is 0. The highest BCUT2D eigenvalue weighted by molar-refractivity contribution is 8.00. The van der Waals surface area contributed by atoms with Crippen molar-refractivity contribution >= 4 is 29.3 Å². The zero-order chi connectivity index (χ0) is 21.3. The highest BCUT2D eigenvalue weighted by Crippen LogP contribution is 2.45. The van der Waals surface area contributed by atoms with E-state index in [1.807, 2.05) is 24.3 Å². The van der Waals surface area contributed by atoms with Gasteiger partial charge in [-0.15, -0.1) is 0 Å². The number of hydrogen-bond acceptors (Lipinski definition) is 5. The molecule has 2 atom stereocenters. The molecule has 156 valence electrons. The van der Waals surface area contributed by atoms with Gasteiger partial charge in [-0.25, -0.2) is 4.79 Å². The molecule has 30 heavy (non-hydrogen) atoms. The van der Waals surface area contributed by atoms with Crippen molar-refractivity contribution in [3.8, 4) is 6.07 Å². The molecule has 1 saturated carbocycles. The Bertz CT molecular complexity index is 986. The molecule has 1 aliphatic carbocycles. The summed E-state index contributed by atoms with van der Waals surface area (Å²) in [5.41, 5.74) is 4.12. The van der Waals surface area contributed by atoms with Crippen LogP contribution in [0.2, 0.25) is 0 Å². The van der Waals surface area contributed by atoms with Crippen molar-refractivity contribution in [2.24, 2.45) is 11.8 Å². The first kappa shape index (κ1) is 20.6. The molecule has 2 unspecified atom stereocenters. The maximum atomic E-state index is 11.5. The number of benzene rings is 2. The number of anilines is 2. The van der Waals surface area contributed by atoms with E-state index in [1.54, 1.807) is 12.1 Å². The number of rotatable bonds is 6. The number of nitrogens with one attached hydrogen (secondary N) is 1. The molecule has 2 aromatic carbocycles. The van der Waals surface area contributed by atoms with Crippen LogP contribution in [0.1, 0.15) is 60.5 Å². The van der Waals surface area contributed by atoms with Crippen molar-refractivity contribution in [1.29, 1.82) is 5.26 Å². The standard InChI is InChI=1S/C24H27N3O2S/c1-15-9-16(2)14-27(13-15)22-8-3-17(12-25)10-21(22)26-30-23-11-19(24(28)29)6-7-20(23)18-4-5-18/h3,6-8,10-11,15-16,18,26H,4-5,9,13-14H2,1-2H3,(H,28,29). The molecule has 6 heteroatoms. The van der Waals surface area contributed by atoms with E-state index >= 15 is 0 Å². The van der Waals surface area contributed by atoms with Gasteiger partial charge in [0.05, 0.1) is 28.6 Å². The predicted molar refractivity (Wildman–Crippen MR) is 121 cm³/mol. The molecule has 0 spiro atoms. The molecule has 2 fully saturated rings. The van der Waals surface area contributed by atoms with E-state index in [0.717, 1.165) is 42.2 Å². The number of carboxylic acid groups (broad SMARTS) is 1. The van der Waals surface area contributed by atoms with Crippen molar-refractivity contribution in [1.82, 2.24) is 0 Å². The summed E-state index contributed by atoms with van der Waals surface area (Å²) < 4.78 is 3.45. The van der Waals surface area contributed by atoms with Crippen molar-refractivity contribution in [2.75, 3.05) is 22.7 Å². The van der Waals surface area contributed by atoms with E-state index in [0.29, 0.717) is 28.9 Å². The molecule has 5 nitrogen and oxygen atoms in total. The minimum absolute atomic E-state index is 0.299. The summed E-state index contributed by atoms with van der Waals surface area (Å²) in [6.07, 6.45) is 3.54. The molecule has 0 radical (unpaired) electrons. The topological polar surface area (TPSA) is 76.4 Å². The largest absolute Gasteiger partial charge is 0.478 e. The fraction of sp³-hybridized carbons (Fsp3) is 0.417. The van der Waals surface area contributed by atoms with Crippen molar-refractivity contribution in [2.45, 2.75) is 43.9 Å². The Hall–Kier alpha value is -2.65. The molecule has 0 bridgehead atoms. The Balaban J connectivity index is 1.62. The van der Waals surface area contributed by atoms with Crippen LogP contribution >= 0.6 is 11.9 Å². The lowest BCUT2D eigenvalue weighted by Gasteiger charge is -2.37. The average Bonchev–Trinajstić information content (AvgIpc) is 3.56. The molecule has 1 aliphatic heterocycles. The van der Waals surface area contributed by atoms with Crippen LogP contribution in [-0.2, 0) is 0 Å². The van der Waals surface area contributed by atoms with Gasteiger partial charge in [-0.3, -0.25) is 0 Å². The lowest BCUT2D eigenvalue weighted by Crippen LogP contribution is -2.39. The van der Waals surface area contributed by atoms with E-state index in [4.69, 9.17) is 0 Å². The lowest BCUT2D eigenvalue weighted by molar-refractivity contribution is 0.0696. The molecule has 0 aromatic heterocycles. The van der Waals surface area contributed by atoms with Crippen LogP contribution < -0.4 is 9.62 Å².